The fourth-order valence-electron chi connectivity index (χ4n) is 4.80. The summed E-state index contributed by atoms with van der Waals surface area (Å²) >= 11 is 0. The van der Waals surface area contributed by atoms with Crippen LogP contribution in [-0.4, -0.2) is 53.3 Å². The number of carbonyl (C=O) groups is 2. The Morgan fingerprint density at radius 2 is 1.49 bits per heavy atom. The molecular formula is C26H30O9. The highest BCUT2D eigenvalue weighted by Crippen LogP contribution is 2.53. The number of rotatable bonds is 7. The maximum absolute atomic E-state index is 13.4. The third-order valence-electron chi connectivity index (χ3n) is 6.43. The predicted molar refractivity (Wildman–Crippen MR) is 125 cm³/mol. The summed E-state index contributed by atoms with van der Waals surface area (Å²) in [6.07, 6.45) is 0.610. The van der Waals surface area contributed by atoms with Crippen LogP contribution in [0.25, 0.3) is 11.1 Å². The molecule has 0 saturated heterocycles. The minimum atomic E-state index is -1.56. The Balaban J connectivity index is 2.04. The van der Waals surface area contributed by atoms with Crippen molar-refractivity contribution in [3.63, 3.8) is 0 Å². The van der Waals surface area contributed by atoms with Crippen LogP contribution in [0, 0.1) is 5.41 Å². The molecule has 0 spiro atoms. The monoisotopic (exact) mass is 486 g/mol. The molecule has 0 unspecified atom stereocenters. The van der Waals surface area contributed by atoms with Crippen LogP contribution in [-0.2, 0) is 31.9 Å². The molecule has 2 aromatic carbocycles. The molecule has 1 aliphatic heterocycles. The number of benzene rings is 2. The van der Waals surface area contributed by atoms with Crippen molar-refractivity contribution in [3.8, 4) is 39.9 Å². The van der Waals surface area contributed by atoms with Gasteiger partial charge in [-0.2, -0.15) is 0 Å². The third-order valence-corrected chi connectivity index (χ3v) is 6.43. The van der Waals surface area contributed by atoms with Crippen molar-refractivity contribution in [1.82, 2.24) is 0 Å². The Hall–Kier alpha value is -3.62. The van der Waals surface area contributed by atoms with Crippen molar-refractivity contribution in [3.05, 3.63) is 29.3 Å². The van der Waals surface area contributed by atoms with E-state index in [1.807, 2.05) is 12.1 Å². The van der Waals surface area contributed by atoms with Gasteiger partial charge in [-0.15, -0.1) is 0 Å². The number of esters is 2. The molecule has 1 aliphatic carbocycles. The van der Waals surface area contributed by atoms with Gasteiger partial charge in [0.25, 0.3) is 0 Å². The number of methoxy groups -OCH3 is 3. The van der Waals surface area contributed by atoms with E-state index in [4.69, 9.17) is 33.2 Å². The van der Waals surface area contributed by atoms with Crippen molar-refractivity contribution in [1.29, 1.82) is 0 Å². The molecule has 4 rings (SSSR count). The molecule has 0 atom stereocenters. The Bertz CT molecular complexity index is 1120. The lowest BCUT2D eigenvalue weighted by Crippen LogP contribution is -2.45. The molecule has 9 heteroatoms. The summed E-state index contributed by atoms with van der Waals surface area (Å²) in [4.78, 5) is 26.8. The third kappa shape index (κ3) is 4.09. The summed E-state index contributed by atoms with van der Waals surface area (Å²) in [6.45, 7) is 3.81. The van der Waals surface area contributed by atoms with Gasteiger partial charge in [-0.1, -0.05) is 0 Å². The molecular weight excluding hydrogens is 456 g/mol. The fraction of sp³-hybridized carbons (Fsp3) is 0.462. The minimum absolute atomic E-state index is 0.0323. The maximum atomic E-state index is 13.4. The van der Waals surface area contributed by atoms with E-state index < -0.39 is 17.4 Å². The molecule has 2 aromatic rings. The van der Waals surface area contributed by atoms with Gasteiger partial charge in [0.2, 0.25) is 12.5 Å². The minimum Gasteiger partial charge on any atom is -0.493 e. The Morgan fingerprint density at radius 3 is 2.06 bits per heavy atom. The highest BCUT2D eigenvalue weighted by Gasteiger charge is 2.50. The number of fused-ring (bicyclic) bond motifs is 4. The SMILES string of the molecule is CCOC(=O)C1(C(=O)OCC)CCc2cc3c(cc2-c2c(cc(OC)c(OC)c2OC)C1)OCO3. The van der Waals surface area contributed by atoms with E-state index in [1.54, 1.807) is 19.9 Å². The molecule has 188 valence electrons. The average molecular weight is 487 g/mol. The first-order valence-corrected chi connectivity index (χ1v) is 11.5. The first-order valence-electron chi connectivity index (χ1n) is 11.5. The maximum Gasteiger partial charge on any atom is 0.323 e. The van der Waals surface area contributed by atoms with Crippen LogP contribution >= 0.6 is 0 Å². The van der Waals surface area contributed by atoms with Crippen LogP contribution in [0.1, 0.15) is 31.4 Å². The molecule has 0 aromatic heterocycles. The largest absolute Gasteiger partial charge is 0.493 e. The van der Waals surface area contributed by atoms with Gasteiger partial charge in [-0.3, -0.25) is 9.59 Å². The molecule has 2 aliphatic rings. The summed E-state index contributed by atoms with van der Waals surface area (Å²) in [5.41, 5.74) is 1.47. The van der Waals surface area contributed by atoms with Gasteiger partial charge >= 0.3 is 11.9 Å². The lowest BCUT2D eigenvalue weighted by atomic mass is 9.72. The van der Waals surface area contributed by atoms with Gasteiger partial charge in [0.05, 0.1) is 34.5 Å². The molecule has 0 fully saturated rings. The summed E-state index contributed by atoms with van der Waals surface area (Å²) in [7, 11) is 4.58. The summed E-state index contributed by atoms with van der Waals surface area (Å²) < 4.78 is 39.1. The second-order valence-corrected chi connectivity index (χ2v) is 8.24. The Kier molecular flexibility index (Phi) is 6.95. The molecule has 35 heavy (non-hydrogen) atoms. The van der Waals surface area contributed by atoms with Crippen LogP contribution in [0.5, 0.6) is 28.7 Å². The van der Waals surface area contributed by atoms with Crippen molar-refractivity contribution in [2.75, 3.05) is 41.3 Å². The van der Waals surface area contributed by atoms with Gasteiger partial charge in [0, 0.05) is 12.0 Å². The molecule has 0 bridgehead atoms. The van der Waals surface area contributed by atoms with Crippen molar-refractivity contribution < 1.29 is 42.7 Å². The molecule has 0 radical (unpaired) electrons. The first-order chi connectivity index (χ1) is 16.9. The van der Waals surface area contributed by atoms with E-state index in [-0.39, 0.29) is 32.8 Å². The number of carbonyl (C=O) groups excluding carboxylic acids is 2. The van der Waals surface area contributed by atoms with E-state index in [1.165, 1.54) is 21.3 Å². The van der Waals surface area contributed by atoms with Gasteiger partial charge < -0.3 is 33.2 Å². The lowest BCUT2D eigenvalue weighted by Gasteiger charge is -2.33. The van der Waals surface area contributed by atoms with Crippen LogP contribution < -0.4 is 23.7 Å². The number of aryl methyl sites for hydroxylation is 1. The van der Waals surface area contributed by atoms with Gasteiger partial charge in [0.15, 0.2) is 28.4 Å². The molecule has 1 heterocycles. The number of hydrogen-bond acceptors (Lipinski definition) is 9. The average Bonchev–Trinajstić information content (AvgIpc) is 3.31. The normalized spacial score (nSPS) is 15.1. The molecule has 0 amide bonds. The zero-order chi connectivity index (χ0) is 25.2. The molecule has 0 saturated carbocycles. The molecule has 9 nitrogen and oxygen atoms in total. The Morgan fingerprint density at radius 1 is 0.857 bits per heavy atom. The van der Waals surface area contributed by atoms with Gasteiger partial charge in [0.1, 0.15) is 0 Å². The topological polar surface area (TPSA) is 98.8 Å². The van der Waals surface area contributed by atoms with Crippen LogP contribution in [0.4, 0.5) is 0 Å². The highest BCUT2D eigenvalue weighted by atomic mass is 16.7. The van der Waals surface area contributed by atoms with E-state index >= 15 is 0 Å². The zero-order valence-electron chi connectivity index (χ0n) is 20.6. The Labute approximate surface area is 204 Å². The quantitative estimate of drug-likeness (QED) is 0.428. The van der Waals surface area contributed by atoms with Gasteiger partial charge in [-0.05, 0) is 61.6 Å². The fourth-order valence-corrected chi connectivity index (χ4v) is 4.80. The van der Waals surface area contributed by atoms with Crippen molar-refractivity contribution in [2.24, 2.45) is 5.41 Å². The lowest BCUT2D eigenvalue weighted by molar-refractivity contribution is -0.172. The first kappa shape index (κ1) is 24.5. The van der Waals surface area contributed by atoms with Crippen molar-refractivity contribution in [2.45, 2.75) is 33.1 Å². The van der Waals surface area contributed by atoms with E-state index in [9.17, 15) is 9.59 Å². The zero-order valence-corrected chi connectivity index (χ0v) is 20.6. The summed E-state index contributed by atoms with van der Waals surface area (Å²) in [5, 5.41) is 0. The van der Waals surface area contributed by atoms with E-state index in [0.717, 1.165) is 11.1 Å². The van der Waals surface area contributed by atoms with Crippen LogP contribution in [0.15, 0.2) is 18.2 Å². The van der Waals surface area contributed by atoms with Gasteiger partial charge in [-0.25, -0.2) is 0 Å². The second-order valence-electron chi connectivity index (χ2n) is 8.24. The summed E-state index contributed by atoms with van der Waals surface area (Å²) in [6, 6.07) is 5.54. The van der Waals surface area contributed by atoms with Crippen molar-refractivity contribution >= 4 is 11.9 Å². The smallest absolute Gasteiger partial charge is 0.323 e. The number of hydrogen-bond donors (Lipinski definition) is 0. The standard InChI is InChI=1S/C26H30O9/c1-6-32-24(27)26(25(28)33-7-2)9-8-15-10-18-19(35-14-34-18)12-17(15)21-16(13-26)11-20(29-3)22(30-4)23(21)31-5/h10-12H,6-9,13-14H2,1-5H3. The van der Waals surface area contributed by atoms with Crippen LogP contribution in [0.3, 0.4) is 0 Å². The predicted octanol–water partition coefficient (Wildman–Crippen LogP) is 3.71. The number of ether oxygens (including phenoxy) is 7. The van der Waals surface area contributed by atoms with E-state index in [2.05, 4.69) is 0 Å². The highest BCUT2D eigenvalue weighted by molar-refractivity contribution is 6.01. The molecule has 0 N–H and O–H groups in total. The van der Waals surface area contributed by atoms with E-state index in [0.29, 0.717) is 46.3 Å². The summed E-state index contributed by atoms with van der Waals surface area (Å²) in [5.74, 6) is 1.19. The van der Waals surface area contributed by atoms with Crippen LogP contribution in [0.2, 0.25) is 0 Å². The second kappa shape index (κ2) is 9.93.